The van der Waals surface area contributed by atoms with Gasteiger partial charge in [0.1, 0.15) is 16.9 Å². The number of methoxy groups -OCH3 is 1. The average Bonchev–Trinajstić information content (AvgIpc) is 3.09. The lowest BCUT2D eigenvalue weighted by molar-refractivity contribution is 0.0595. The Balaban J connectivity index is 0.00000144. The summed E-state index contributed by atoms with van der Waals surface area (Å²) in [4.78, 5) is 23.4. The monoisotopic (exact) mass is 317 g/mol. The molecule has 0 aliphatic rings. The van der Waals surface area contributed by atoms with Gasteiger partial charge in [-0.2, -0.15) is 0 Å². The number of carbonyl (C=O) groups excluding carboxylic acids is 1. The molecule has 0 amide bonds. The third-order valence-electron chi connectivity index (χ3n) is 3.61. The highest BCUT2D eigenvalue weighted by Crippen LogP contribution is 2.32. The Morgan fingerprint density at radius 2 is 2.18 bits per heavy atom. The van der Waals surface area contributed by atoms with Crippen LogP contribution in [0.5, 0.6) is 0 Å². The number of ether oxygens (including phenoxy) is 1. The molecule has 0 unspecified atom stereocenters. The number of halogens is 1. The Hall–Kier alpha value is -2.60. The van der Waals surface area contributed by atoms with Gasteiger partial charge in [-0.1, -0.05) is 0 Å². The van der Waals surface area contributed by atoms with Crippen molar-refractivity contribution in [3.63, 3.8) is 0 Å². The minimum Gasteiger partial charge on any atom is -0.464 e. The zero-order valence-corrected chi connectivity index (χ0v) is 12.7. The molecule has 4 aromatic rings. The Bertz CT molecular complexity index is 1020. The molecule has 0 saturated carbocycles. The number of H-pyrrole nitrogens is 1. The molecule has 0 spiro atoms. The van der Waals surface area contributed by atoms with Crippen LogP contribution in [0.1, 0.15) is 16.1 Å². The maximum Gasteiger partial charge on any atom is 0.354 e. The number of hydrogen-bond acceptors (Lipinski definition) is 5. The summed E-state index contributed by atoms with van der Waals surface area (Å²) in [6.45, 7) is 1.93. The third kappa shape index (κ3) is 1.84. The summed E-state index contributed by atoms with van der Waals surface area (Å²) in [6.07, 6.45) is 1.68. The molecule has 4 rings (SSSR count). The second-order valence-electron chi connectivity index (χ2n) is 4.81. The van der Waals surface area contributed by atoms with E-state index >= 15 is 0 Å². The van der Waals surface area contributed by atoms with Crippen molar-refractivity contribution in [3.05, 3.63) is 35.7 Å². The molecule has 4 aromatic heterocycles. The maximum absolute atomic E-state index is 11.6. The lowest BCUT2D eigenvalue weighted by Crippen LogP contribution is -2.00. The number of aryl methyl sites for hydroxylation is 1. The van der Waals surface area contributed by atoms with Gasteiger partial charge in [-0.15, -0.1) is 12.4 Å². The first-order valence-corrected chi connectivity index (χ1v) is 6.44. The largest absolute Gasteiger partial charge is 0.464 e. The molecule has 112 valence electrons. The van der Waals surface area contributed by atoms with Gasteiger partial charge in [0.25, 0.3) is 0 Å². The molecule has 4 heterocycles. The Morgan fingerprint density at radius 3 is 2.95 bits per heavy atom. The fraction of sp³-hybridized carbons (Fsp3) is 0.133. The van der Waals surface area contributed by atoms with Crippen molar-refractivity contribution in [3.8, 4) is 0 Å². The maximum atomic E-state index is 11.6. The molecule has 0 saturated heterocycles. The van der Waals surface area contributed by atoms with Gasteiger partial charge in [-0.25, -0.2) is 14.8 Å². The second-order valence-corrected chi connectivity index (χ2v) is 4.81. The van der Waals surface area contributed by atoms with Crippen molar-refractivity contribution >= 4 is 51.6 Å². The van der Waals surface area contributed by atoms with E-state index in [1.54, 1.807) is 12.3 Å². The summed E-state index contributed by atoms with van der Waals surface area (Å²) < 4.78 is 10.5. The summed E-state index contributed by atoms with van der Waals surface area (Å²) >= 11 is 0. The molecule has 0 aliphatic heterocycles. The predicted molar refractivity (Wildman–Crippen MR) is 84.5 cm³/mol. The van der Waals surface area contributed by atoms with E-state index in [4.69, 9.17) is 9.15 Å². The van der Waals surface area contributed by atoms with Gasteiger partial charge in [0.15, 0.2) is 5.58 Å². The lowest BCUT2D eigenvalue weighted by atomic mass is 10.1. The molecule has 0 radical (unpaired) electrons. The normalized spacial score (nSPS) is 11.0. The molecule has 0 bridgehead atoms. The number of hydrogen-bond donors (Lipinski definition) is 1. The summed E-state index contributed by atoms with van der Waals surface area (Å²) in [5, 5.41) is 1.69. The van der Waals surface area contributed by atoms with Crippen molar-refractivity contribution in [1.29, 1.82) is 0 Å². The molecule has 22 heavy (non-hydrogen) atoms. The van der Waals surface area contributed by atoms with Gasteiger partial charge < -0.3 is 14.1 Å². The van der Waals surface area contributed by atoms with Crippen LogP contribution in [-0.2, 0) is 4.74 Å². The standard InChI is InChI=1S/C15H11N3O3.ClH/c1-7-9-6-10(15(19)20-2)17-13(9)18-11-8-4-3-5-16-14(8)21-12(7)11;/h3-6H,1-2H3,(H,17,18);1H. The smallest absolute Gasteiger partial charge is 0.354 e. The number of aromatic nitrogens is 3. The Labute approximate surface area is 130 Å². The fourth-order valence-corrected chi connectivity index (χ4v) is 2.56. The highest BCUT2D eigenvalue weighted by Gasteiger charge is 2.17. The minimum atomic E-state index is -0.421. The molecular formula is C15H12ClN3O3. The van der Waals surface area contributed by atoms with E-state index in [0.717, 1.165) is 21.9 Å². The number of furan rings is 1. The number of rotatable bonds is 1. The first kappa shape index (κ1) is 14.3. The summed E-state index contributed by atoms with van der Waals surface area (Å²) in [6, 6.07) is 5.48. The summed E-state index contributed by atoms with van der Waals surface area (Å²) in [5.74, 6) is -0.421. The molecule has 0 fully saturated rings. The van der Waals surface area contributed by atoms with Gasteiger partial charge in [-0.3, -0.25) is 0 Å². The van der Waals surface area contributed by atoms with Crippen LogP contribution in [0.4, 0.5) is 0 Å². The molecule has 0 aromatic carbocycles. The van der Waals surface area contributed by atoms with Gasteiger partial charge in [0.05, 0.1) is 12.5 Å². The topological polar surface area (TPSA) is 81.0 Å². The molecule has 7 heteroatoms. The third-order valence-corrected chi connectivity index (χ3v) is 3.61. The van der Waals surface area contributed by atoms with Crippen LogP contribution < -0.4 is 0 Å². The van der Waals surface area contributed by atoms with E-state index in [-0.39, 0.29) is 12.4 Å². The molecule has 1 N–H and O–H groups in total. The highest BCUT2D eigenvalue weighted by atomic mass is 35.5. The number of fused-ring (bicyclic) bond motifs is 4. The number of esters is 1. The van der Waals surface area contributed by atoms with Crippen LogP contribution in [0, 0.1) is 6.92 Å². The average molecular weight is 318 g/mol. The van der Waals surface area contributed by atoms with Crippen molar-refractivity contribution in [1.82, 2.24) is 15.0 Å². The van der Waals surface area contributed by atoms with E-state index in [1.165, 1.54) is 7.11 Å². The zero-order chi connectivity index (χ0) is 14.6. The van der Waals surface area contributed by atoms with Crippen LogP contribution in [-0.4, -0.2) is 28.0 Å². The molecule has 0 aliphatic carbocycles. The molecule has 6 nitrogen and oxygen atoms in total. The summed E-state index contributed by atoms with van der Waals surface area (Å²) in [7, 11) is 1.35. The minimum absolute atomic E-state index is 0. The molecular weight excluding hydrogens is 306 g/mol. The summed E-state index contributed by atoms with van der Waals surface area (Å²) in [5.41, 5.74) is 3.90. The fourth-order valence-electron chi connectivity index (χ4n) is 2.56. The van der Waals surface area contributed by atoms with Crippen molar-refractivity contribution in [2.75, 3.05) is 7.11 Å². The van der Waals surface area contributed by atoms with Gasteiger partial charge in [0.2, 0.25) is 5.71 Å². The van der Waals surface area contributed by atoms with E-state index < -0.39 is 5.97 Å². The Kier molecular flexibility index (Phi) is 3.26. The van der Waals surface area contributed by atoms with E-state index in [0.29, 0.717) is 22.6 Å². The van der Waals surface area contributed by atoms with Crippen LogP contribution in [0.15, 0.2) is 28.8 Å². The first-order valence-electron chi connectivity index (χ1n) is 6.44. The van der Waals surface area contributed by atoms with E-state index in [1.807, 2.05) is 19.1 Å². The number of nitrogens with one attached hydrogen (secondary N) is 1. The van der Waals surface area contributed by atoms with Crippen molar-refractivity contribution < 1.29 is 13.9 Å². The van der Waals surface area contributed by atoms with Crippen LogP contribution in [0.3, 0.4) is 0 Å². The predicted octanol–water partition coefficient (Wildman–Crippen LogP) is 3.37. The number of aromatic amines is 1. The van der Waals surface area contributed by atoms with Crippen LogP contribution in [0.25, 0.3) is 33.2 Å². The van der Waals surface area contributed by atoms with Gasteiger partial charge in [0, 0.05) is 17.1 Å². The number of nitrogens with zero attached hydrogens (tertiary/aromatic N) is 2. The van der Waals surface area contributed by atoms with E-state index in [9.17, 15) is 4.79 Å². The number of carbonyl (C=O) groups is 1. The quantitative estimate of drug-likeness (QED) is 0.544. The molecule has 0 atom stereocenters. The zero-order valence-electron chi connectivity index (χ0n) is 11.8. The first-order chi connectivity index (χ1) is 10.2. The van der Waals surface area contributed by atoms with Crippen molar-refractivity contribution in [2.45, 2.75) is 6.92 Å². The van der Waals surface area contributed by atoms with Gasteiger partial charge >= 0.3 is 5.97 Å². The van der Waals surface area contributed by atoms with Crippen molar-refractivity contribution in [2.24, 2.45) is 0 Å². The SMILES string of the molecule is COC(=O)c1cc2c(C)c3oc4ncccc4c3nc2[nH]1.Cl. The number of pyridine rings is 2. The highest BCUT2D eigenvalue weighted by molar-refractivity contribution is 6.07. The Morgan fingerprint density at radius 1 is 1.36 bits per heavy atom. The van der Waals surface area contributed by atoms with Gasteiger partial charge in [-0.05, 0) is 25.1 Å². The second kappa shape index (κ2) is 4.99. The van der Waals surface area contributed by atoms with Crippen LogP contribution in [0.2, 0.25) is 0 Å². The van der Waals surface area contributed by atoms with Crippen LogP contribution >= 0.6 is 12.4 Å². The lowest BCUT2D eigenvalue weighted by Gasteiger charge is -1.96. The van der Waals surface area contributed by atoms with E-state index in [2.05, 4.69) is 15.0 Å².